The van der Waals surface area contributed by atoms with Crippen LogP contribution in [0.4, 0.5) is 10.1 Å². The van der Waals surface area contributed by atoms with E-state index >= 15 is 0 Å². The van der Waals surface area contributed by atoms with E-state index in [1.54, 1.807) is 36.5 Å². The number of hydrogen-bond donors (Lipinski definition) is 2. The van der Waals surface area contributed by atoms with E-state index in [4.69, 9.17) is 4.74 Å². The van der Waals surface area contributed by atoms with Crippen LogP contribution < -0.4 is 10.1 Å². The number of hydrogen-bond acceptors (Lipinski definition) is 2. The van der Waals surface area contributed by atoms with Crippen molar-refractivity contribution >= 4 is 22.5 Å². The fraction of sp³-hybridized carbons (Fsp3) is 0.0455. The van der Waals surface area contributed by atoms with Gasteiger partial charge < -0.3 is 15.0 Å². The number of para-hydroxylation sites is 1. The van der Waals surface area contributed by atoms with Crippen molar-refractivity contribution < 1.29 is 13.9 Å². The molecule has 0 saturated heterocycles. The topological polar surface area (TPSA) is 54.1 Å². The molecule has 0 aliphatic carbocycles. The molecule has 4 aromatic rings. The molecule has 1 amide bonds. The van der Waals surface area contributed by atoms with Crippen molar-refractivity contribution in [1.29, 1.82) is 0 Å². The summed E-state index contributed by atoms with van der Waals surface area (Å²) in [6, 6.07) is 21.2. The molecule has 27 heavy (non-hydrogen) atoms. The zero-order valence-corrected chi connectivity index (χ0v) is 14.4. The third-order valence-corrected chi connectivity index (χ3v) is 4.20. The number of ether oxygens (including phenoxy) is 1. The first-order valence-electron chi connectivity index (χ1n) is 8.56. The van der Waals surface area contributed by atoms with Crippen LogP contribution in [-0.4, -0.2) is 10.9 Å². The van der Waals surface area contributed by atoms with Crippen LogP contribution in [0.15, 0.2) is 79.0 Å². The predicted molar refractivity (Wildman–Crippen MR) is 104 cm³/mol. The average Bonchev–Trinajstić information content (AvgIpc) is 3.06. The Bertz CT molecular complexity index is 1070. The first kappa shape index (κ1) is 16.8. The van der Waals surface area contributed by atoms with E-state index in [-0.39, 0.29) is 18.1 Å². The van der Waals surface area contributed by atoms with Crippen molar-refractivity contribution in [3.63, 3.8) is 0 Å². The zero-order chi connectivity index (χ0) is 18.6. The minimum absolute atomic E-state index is 0.142. The highest BCUT2D eigenvalue weighted by Crippen LogP contribution is 2.23. The van der Waals surface area contributed by atoms with E-state index in [2.05, 4.69) is 10.3 Å². The summed E-state index contributed by atoms with van der Waals surface area (Å²) in [5, 5.41) is 3.71. The molecule has 0 radical (unpaired) electrons. The molecule has 0 spiro atoms. The van der Waals surface area contributed by atoms with Gasteiger partial charge in [0.15, 0.2) is 0 Å². The van der Waals surface area contributed by atoms with Gasteiger partial charge in [-0.2, -0.15) is 0 Å². The van der Waals surface area contributed by atoms with E-state index in [0.29, 0.717) is 17.0 Å². The van der Waals surface area contributed by atoms with Crippen LogP contribution in [0.5, 0.6) is 11.5 Å². The Balaban J connectivity index is 1.40. The lowest BCUT2D eigenvalue weighted by atomic mass is 10.1. The van der Waals surface area contributed by atoms with Gasteiger partial charge in [-0.15, -0.1) is 0 Å². The summed E-state index contributed by atoms with van der Waals surface area (Å²) in [7, 11) is 0. The Hall–Kier alpha value is -3.60. The first-order valence-corrected chi connectivity index (χ1v) is 8.56. The molecular formula is C22H17FN2O2. The number of nitrogens with one attached hydrogen (secondary N) is 2. The van der Waals surface area contributed by atoms with Gasteiger partial charge in [0.25, 0.3) is 0 Å². The van der Waals surface area contributed by atoms with Crippen LogP contribution in [0.2, 0.25) is 0 Å². The van der Waals surface area contributed by atoms with Gasteiger partial charge in [-0.25, -0.2) is 4.39 Å². The largest absolute Gasteiger partial charge is 0.457 e. The van der Waals surface area contributed by atoms with E-state index in [0.717, 1.165) is 16.7 Å². The second kappa shape index (κ2) is 7.33. The summed E-state index contributed by atoms with van der Waals surface area (Å²) in [6.07, 6.45) is 1.94. The van der Waals surface area contributed by atoms with Crippen LogP contribution in [-0.2, 0) is 11.2 Å². The van der Waals surface area contributed by atoms with Crippen LogP contribution in [0, 0.1) is 5.82 Å². The Kier molecular flexibility index (Phi) is 4.58. The number of fused-ring (bicyclic) bond motifs is 1. The van der Waals surface area contributed by atoms with E-state index in [1.165, 1.54) is 12.1 Å². The van der Waals surface area contributed by atoms with Crippen molar-refractivity contribution in [2.75, 3.05) is 5.32 Å². The summed E-state index contributed by atoms with van der Waals surface area (Å²) >= 11 is 0. The molecule has 0 bridgehead atoms. The molecule has 0 atom stereocenters. The SMILES string of the molecule is O=C(Cc1c[nH]c2cc(F)ccc12)Nc1ccc(Oc2ccccc2)cc1. The third kappa shape index (κ3) is 3.98. The fourth-order valence-electron chi connectivity index (χ4n) is 2.91. The minimum Gasteiger partial charge on any atom is -0.457 e. The van der Waals surface area contributed by atoms with Gasteiger partial charge >= 0.3 is 0 Å². The maximum atomic E-state index is 13.3. The Morgan fingerprint density at radius 1 is 0.963 bits per heavy atom. The number of anilines is 1. The molecule has 2 N–H and O–H groups in total. The van der Waals surface area contributed by atoms with Crippen molar-refractivity contribution in [1.82, 2.24) is 4.98 Å². The van der Waals surface area contributed by atoms with Gasteiger partial charge in [-0.1, -0.05) is 18.2 Å². The van der Waals surface area contributed by atoms with Crippen LogP contribution in [0.3, 0.4) is 0 Å². The number of rotatable bonds is 5. The van der Waals surface area contributed by atoms with Crippen molar-refractivity contribution in [3.05, 3.63) is 90.4 Å². The van der Waals surface area contributed by atoms with Crippen LogP contribution in [0.1, 0.15) is 5.56 Å². The highest BCUT2D eigenvalue weighted by molar-refractivity contribution is 5.95. The number of carbonyl (C=O) groups is 1. The quantitative estimate of drug-likeness (QED) is 0.509. The second-order valence-corrected chi connectivity index (χ2v) is 6.17. The van der Waals surface area contributed by atoms with E-state index in [1.807, 2.05) is 30.3 Å². The summed E-state index contributed by atoms with van der Waals surface area (Å²) < 4.78 is 19.0. The summed E-state index contributed by atoms with van der Waals surface area (Å²) in [4.78, 5) is 15.3. The van der Waals surface area contributed by atoms with Gasteiger partial charge in [-0.3, -0.25) is 4.79 Å². The predicted octanol–water partition coefficient (Wildman–Crippen LogP) is 5.28. The summed E-state index contributed by atoms with van der Waals surface area (Å²) in [6.45, 7) is 0. The van der Waals surface area contributed by atoms with Gasteiger partial charge in [-0.05, 0) is 60.2 Å². The molecule has 1 heterocycles. The van der Waals surface area contributed by atoms with E-state index < -0.39 is 0 Å². The fourth-order valence-corrected chi connectivity index (χ4v) is 2.91. The smallest absolute Gasteiger partial charge is 0.228 e. The molecule has 3 aromatic carbocycles. The minimum atomic E-state index is -0.307. The third-order valence-electron chi connectivity index (χ3n) is 4.20. The number of aromatic nitrogens is 1. The molecule has 4 rings (SSSR count). The van der Waals surface area contributed by atoms with Gasteiger partial charge in [0.2, 0.25) is 5.91 Å². The highest BCUT2D eigenvalue weighted by Gasteiger charge is 2.10. The van der Waals surface area contributed by atoms with Crippen LogP contribution in [0.25, 0.3) is 10.9 Å². The van der Waals surface area contributed by atoms with Crippen molar-refractivity contribution in [2.45, 2.75) is 6.42 Å². The van der Waals surface area contributed by atoms with Crippen molar-refractivity contribution in [3.8, 4) is 11.5 Å². The monoisotopic (exact) mass is 360 g/mol. The normalized spacial score (nSPS) is 10.7. The molecule has 0 saturated carbocycles. The summed E-state index contributed by atoms with van der Waals surface area (Å²) in [5.74, 6) is 0.998. The Morgan fingerprint density at radius 2 is 1.70 bits per heavy atom. The number of H-pyrrole nitrogens is 1. The molecule has 4 nitrogen and oxygen atoms in total. The van der Waals surface area contributed by atoms with Gasteiger partial charge in [0.1, 0.15) is 17.3 Å². The lowest BCUT2D eigenvalue weighted by Crippen LogP contribution is -2.14. The molecule has 0 aliphatic rings. The number of carbonyl (C=O) groups excluding carboxylic acids is 1. The Labute approximate surface area is 155 Å². The molecular weight excluding hydrogens is 343 g/mol. The Morgan fingerprint density at radius 3 is 2.48 bits per heavy atom. The first-order chi connectivity index (χ1) is 13.2. The number of benzene rings is 3. The molecule has 5 heteroatoms. The average molecular weight is 360 g/mol. The molecule has 1 aromatic heterocycles. The molecule has 0 fully saturated rings. The van der Waals surface area contributed by atoms with Crippen LogP contribution >= 0.6 is 0 Å². The number of amides is 1. The van der Waals surface area contributed by atoms with Crippen molar-refractivity contribution in [2.24, 2.45) is 0 Å². The summed E-state index contributed by atoms with van der Waals surface area (Å²) in [5.41, 5.74) is 2.19. The molecule has 0 aliphatic heterocycles. The maximum absolute atomic E-state index is 13.3. The standard InChI is InChI=1S/C22H17FN2O2/c23-16-6-11-20-15(14-24-21(20)13-16)12-22(26)25-17-7-9-19(10-8-17)27-18-4-2-1-3-5-18/h1-11,13-14,24H,12H2,(H,25,26). The molecule has 0 unspecified atom stereocenters. The lowest BCUT2D eigenvalue weighted by Gasteiger charge is -2.08. The number of aromatic amines is 1. The maximum Gasteiger partial charge on any atom is 0.228 e. The lowest BCUT2D eigenvalue weighted by molar-refractivity contribution is -0.115. The van der Waals surface area contributed by atoms with Gasteiger partial charge in [0, 0.05) is 22.8 Å². The highest BCUT2D eigenvalue weighted by atomic mass is 19.1. The number of halogens is 1. The second-order valence-electron chi connectivity index (χ2n) is 6.17. The molecule has 134 valence electrons. The van der Waals surface area contributed by atoms with E-state index in [9.17, 15) is 9.18 Å². The van der Waals surface area contributed by atoms with Gasteiger partial charge in [0.05, 0.1) is 6.42 Å². The zero-order valence-electron chi connectivity index (χ0n) is 14.4.